The van der Waals surface area contributed by atoms with E-state index in [0.29, 0.717) is 12.1 Å². The number of carboxylic acids is 2. The van der Waals surface area contributed by atoms with Gasteiger partial charge in [0.1, 0.15) is 41.4 Å². The van der Waals surface area contributed by atoms with Gasteiger partial charge in [-0.3, -0.25) is 9.59 Å². The van der Waals surface area contributed by atoms with Gasteiger partial charge in [-0.1, -0.05) is 24.3 Å². The van der Waals surface area contributed by atoms with Gasteiger partial charge in [0.2, 0.25) is 0 Å². The summed E-state index contributed by atoms with van der Waals surface area (Å²) in [5, 5.41) is 53.8. The third-order valence-corrected chi connectivity index (χ3v) is 5.26. The molecule has 2 heterocycles. The van der Waals surface area contributed by atoms with E-state index < -0.39 is 52.6 Å². The Morgan fingerprint density at radius 2 is 1.09 bits per heavy atom. The van der Waals surface area contributed by atoms with Gasteiger partial charge >= 0.3 is 29.6 Å². The standard InChI is InChI=1S/C23H16O11.Na/c24-11-7-15(22(29)30)33-13-5-1-3-9(17(11)13)19(26)21(28)20(27)10-4-2-6-14-18(10)12(25)8-16(34-14)23(31)32;/h1-8,19-21,26-28H,(H,29,30)(H,31,32);/q;+1/p-2. The fourth-order valence-electron chi connectivity index (χ4n) is 3.71. The minimum absolute atomic E-state index is 0. The number of aromatic carboxylic acids is 2. The van der Waals surface area contributed by atoms with E-state index in [9.17, 15) is 44.7 Å². The van der Waals surface area contributed by atoms with Crippen LogP contribution in [0, 0.1) is 0 Å². The predicted octanol–water partition coefficient (Wildman–Crippen LogP) is -4.24. The molecule has 2 atom stereocenters. The molecule has 2 unspecified atom stereocenters. The van der Waals surface area contributed by atoms with Gasteiger partial charge in [0.05, 0.1) is 10.8 Å². The molecule has 11 nitrogen and oxygen atoms in total. The molecule has 0 saturated carbocycles. The maximum Gasteiger partial charge on any atom is 1.00 e. The van der Waals surface area contributed by atoms with Gasteiger partial charge in [0.15, 0.2) is 22.4 Å². The Morgan fingerprint density at radius 3 is 1.43 bits per heavy atom. The van der Waals surface area contributed by atoms with E-state index >= 15 is 0 Å². The molecule has 3 N–H and O–H groups in total. The Bertz CT molecular complexity index is 1450. The quantitative estimate of drug-likeness (QED) is 0.222. The average molecular weight is 489 g/mol. The van der Waals surface area contributed by atoms with Crippen LogP contribution in [0.1, 0.15) is 44.4 Å². The molecule has 12 heteroatoms. The van der Waals surface area contributed by atoms with Gasteiger partial charge in [-0.15, -0.1) is 0 Å². The molecular formula is C23H14NaO11-. The van der Waals surface area contributed by atoms with Crippen LogP contribution in [0.15, 0.2) is 67.0 Å². The molecular weight excluding hydrogens is 475 g/mol. The first-order chi connectivity index (χ1) is 16.1. The van der Waals surface area contributed by atoms with Crippen molar-refractivity contribution in [3.63, 3.8) is 0 Å². The molecule has 0 bridgehead atoms. The SMILES string of the molecule is O=C([O-])c1cc(=O)c2c(C(O)C(O)C(O)c3cccc4oc(C(=O)[O-])cc(=O)c34)cccc2o1.[Na+]. The Balaban J connectivity index is 0.00000342. The summed E-state index contributed by atoms with van der Waals surface area (Å²) in [6.45, 7) is 0. The van der Waals surface area contributed by atoms with Crippen molar-refractivity contribution in [3.05, 3.63) is 91.6 Å². The van der Waals surface area contributed by atoms with Crippen molar-refractivity contribution in [2.45, 2.75) is 18.3 Å². The topological polar surface area (TPSA) is 201 Å². The van der Waals surface area contributed by atoms with Gasteiger partial charge in [-0.25, -0.2) is 0 Å². The van der Waals surface area contributed by atoms with Gasteiger partial charge in [-0.2, -0.15) is 0 Å². The van der Waals surface area contributed by atoms with Crippen LogP contribution in [0.2, 0.25) is 0 Å². The molecule has 4 aromatic rings. The third kappa shape index (κ3) is 4.78. The zero-order chi connectivity index (χ0) is 24.7. The summed E-state index contributed by atoms with van der Waals surface area (Å²) in [7, 11) is 0. The van der Waals surface area contributed by atoms with Gasteiger partial charge in [0.25, 0.3) is 0 Å². The van der Waals surface area contributed by atoms with Crippen LogP contribution < -0.4 is 50.6 Å². The second kappa shape index (κ2) is 10.1. The molecule has 0 amide bonds. The second-order valence-corrected chi connectivity index (χ2v) is 7.35. The van der Waals surface area contributed by atoms with E-state index in [1.54, 1.807) is 0 Å². The molecule has 2 aromatic carbocycles. The summed E-state index contributed by atoms with van der Waals surface area (Å²) in [6.07, 6.45) is -5.77. The minimum atomic E-state index is -1.99. The predicted molar refractivity (Wildman–Crippen MR) is 110 cm³/mol. The Hall–Kier alpha value is -3.32. The Kier molecular flexibility index (Phi) is 7.60. The van der Waals surface area contributed by atoms with Crippen molar-refractivity contribution in [3.8, 4) is 0 Å². The van der Waals surface area contributed by atoms with Crippen molar-refractivity contribution in [1.82, 2.24) is 0 Å². The summed E-state index contributed by atoms with van der Waals surface area (Å²) >= 11 is 0. The number of hydrogen-bond acceptors (Lipinski definition) is 11. The number of rotatable bonds is 6. The number of benzene rings is 2. The molecule has 4 rings (SSSR count). The molecule has 0 saturated heterocycles. The Labute approximate surface area is 216 Å². The molecule has 0 fully saturated rings. The van der Waals surface area contributed by atoms with E-state index in [1.165, 1.54) is 36.4 Å². The zero-order valence-corrected chi connectivity index (χ0v) is 20.0. The summed E-state index contributed by atoms with van der Waals surface area (Å²) in [5.74, 6) is -4.92. The summed E-state index contributed by atoms with van der Waals surface area (Å²) in [6, 6.07) is 9.04. The maximum absolute atomic E-state index is 12.5. The van der Waals surface area contributed by atoms with Crippen molar-refractivity contribution in [2.75, 3.05) is 0 Å². The third-order valence-electron chi connectivity index (χ3n) is 5.26. The van der Waals surface area contributed by atoms with Crippen molar-refractivity contribution in [1.29, 1.82) is 0 Å². The smallest absolute Gasteiger partial charge is 0.542 e. The van der Waals surface area contributed by atoms with E-state index in [-0.39, 0.29) is 62.6 Å². The summed E-state index contributed by atoms with van der Waals surface area (Å²) in [5.41, 5.74) is -2.42. The molecule has 0 radical (unpaired) electrons. The van der Waals surface area contributed by atoms with E-state index in [2.05, 4.69) is 0 Å². The van der Waals surface area contributed by atoms with Crippen LogP contribution in [0.25, 0.3) is 21.9 Å². The number of fused-ring (bicyclic) bond motifs is 2. The number of aliphatic hydroxyl groups excluding tert-OH is 3. The van der Waals surface area contributed by atoms with Crippen molar-refractivity contribution in [2.24, 2.45) is 0 Å². The summed E-state index contributed by atoms with van der Waals surface area (Å²) < 4.78 is 10.2. The van der Waals surface area contributed by atoms with Gasteiger partial charge in [0, 0.05) is 12.1 Å². The van der Waals surface area contributed by atoms with Gasteiger partial charge < -0.3 is 44.0 Å². The van der Waals surface area contributed by atoms with E-state index in [1.807, 2.05) is 0 Å². The normalized spacial score (nSPS) is 13.7. The molecule has 2 aromatic heterocycles. The van der Waals surface area contributed by atoms with Gasteiger partial charge in [-0.05, 0) is 23.3 Å². The summed E-state index contributed by atoms with van der Waals surface area (Å²) in [4.78, 5) is 47.0. The van der Waals surface area contributed by atoms with Crippen LogP contribution in [0.4, 0.5) is 0 Å². The minimum Gasteiger partial charge on any atom is -0.542 e. The fraction of sp³-hybridized carbons (Fsp3) is 0.130. The van der Waals surface area contributed by atoms with Crippen LogP contribution in [0.3, 0.4) is 0 Å². The zero-order valence-electron chi connectivity index (χ0n) is 18.0. The Morgan fingerprint density at radius 1 is 0.714 bits per heavy atom. The number of aliphatic hydroxyl groups is 3. The number of carbonyl (C=O) groups is 2. The molecule has 0 spiro atoms. The monoisotopic (exact) mass is 489 g/mol. The largest absolute Gasteiger partial charge is 1.00 e. The van der Waals surface area contributed by atoms with E-state index in [0.717, 1.165) is 0 Å². The first-order valence-electron chi connectivity index (χ1n) is 9.70. The number of hydrogen-bond donors (Lipinski definition) is 3. The fourth-order valence-corrected chi connectivity index (χ4v) is 3.71. The maximum atomic E-state index is 12.5. The molecule has 35 heavy (non-hydrogen) atoms. The second-order valence-electron chi connectivity index (χ2n) is 7.35. The van der Waals surface area contributed by atoms with Crippen LogP contribution in [0.5, 0.6) is 0 Å². The van der Waals surface area contributed by atoms with Crippen LogP contribution >= 0.6 is 0 Å². The van der Waals surface area contributed by atoms with Crippen molar-refractivity contribution >= 4 is 33.9 Å². The average Bonchev–Trinajstić information content (AvgIpc) is 2.81. The number of carboxylic acid groups (broad SMARTS) is 2. The molecule has 0 aliphatic rings. The van der Waals surface area contributed by atoms with E-state index in [4.69, 9.17) is 8.83 Å². The number of carbonyl (C=O) groups excluding carboxylic acids is 2. The molecule has 0 aliphatic heterocycles. The van der Waals surface area contributed by atoms with Crippen LogP contribution in [-0.2, 0) is 0 Å². The van der Waals surface area contributed by atoms with Crippen molar-refractivity contribution < 1.29 is 73.5 Å². The first kappa shape index (κ1) is 26.3. The van der Waals surface area contributed by atoms with Crippen LogP contribution in [-0.4, -0.2) is 33.4 Å². The molecule has 0 aliphatic carbocycles. The first-order valence-corrected chi connectivity index (χ1v) is 9.70. The molecule has 174 valence electrons.